The maximum absolute atomic E-state index is 5.91. The van der Waals surface area contributed by atoms with Crippen molar-refractivity contribution in [3.05, 3.63) is 67.3 Å². The van der Waals surface area contributed by atoms with E-state index in [1.54, 1.807) is 6.26 Å². The number of aromatic nitrogens is 3. The number of hydrogen-bond acceptors (Lipinski definition) is 5. The summed E-state index contributed by atoms with van der Waals surface area (Å²) in [5, 5.41) is 1.07. The summed E-state index contributed by atoms with van der Waals surface area (Å²) in [5.74, 6) is 0. The van der Waals surface area contributed by atoms with Gasteiger partial charge < -0.3 is 19.2 Å². The number of piperazine rings is 1. The molecule has 31 heavy (non-hydrogen) atoms. The van der Waals surface area contributed by atoms with Crippen LogP contribution in [0.1, 0.15) is 0 Å². The average Bonchev–Trinajstić information content (AvgIpc) is 3.46. The van der Waals surface area contributed by atoms with Crippen molar-refractivity contribution in [3.8, 4) is 22.3 Å². The van der Waals surface area contributed by atoms with Crippen LogP contribution >= 0.6 is 0 Å². The molecular formula is C25H23N5O. The minimum atomic E-state index is 0.788. The van der Waals surface area contributed by atoms with Gasteiger partial charge in [-0.05, 0) is 48.5 Å². The summed E-state index contributed by atoms with van der Waals surface area (Å²) >= 11 is 0. The number of aromatic amines is 1. The quantitative estimate of drug-likeness (QED) is 0.464. The molecule has 1 N–H and O–H groups in total. The van der Waals surface area contributed by atoms with E-state index in [1.165, 1.54) is 5.69 Å². The highest BCUT2D eigenvalue weighted by Crippen LogP contribution is 2.35. The third-order valence-electron chi connectivity index (χ3n) is 6.23. The second kappa shape index (κ2) is 7.25. The van der Waals surface area contributed by atoms with Crippen LogP contribution in [0.2, 0.25) is 0 Å². The molecule has 0 amide bonds. The van der Waals surface area contributed by atoms with E-state index in [0.717, 1.165) is 70.6 Å². The molecule has 1 fully saturated rings. The van der Waals surface area contributed by atoms with Crippen LogP contribution in [0.5, 0.6) is 0 Å². The first-order chi connectivity index (χ1) is 15.3. The maximum atomic E-state index is 5.91. The van der Waals surface area contributed by atoms with Gasteiger partial charge in [0.25, 0.3) is 0 Å². The normalized spacial score (nSPS) is 15.2. The number of hydrogen-bond donors (Lipinski definition) is 1. The first-order valence-corrected chi connectivity index (χ1v) is 10.6. The zero-order chi connectivity index (χ0) is 20.8. The number of benzene rings is 1. The summed E-state index contributed by atoms with van der Waals surface area (Å²) < 4.78 is 5.91. The lowest BCUT2D eigenvalue weighted by Crippen LogP contribution is -2.44. The molecule has 1 saturated heterocycles. The number of fused-ring (bicyclic) bond motifs is 2. The standard InChI is InChI=1S/C25H23N5O/c1-29-10-12-30(13-11-29)19-4-2-17(3-5-19)18-14-23-24(28-15-18)22(16-31-23)20-6-8-26-25-21(20)7-9-27-25/h2-9,14-16H,10-13H2,1H3,(H,26,27). The van der Waals surface area contributed by atoms with E-state index in [9.17, 15) is 0 Å². The highest BCUT2D eigenvalue weighted by Gasteiger charge is 2.16. The molecule has 1 aliphatic heterocycles. The summed E-state index contributed by atoms with van der Waals surface area (Å²) in [5.41, 5.74) is 8.05. The summed E-state index contributed by atoms with van der Waals surface area (Å²) in [4.78, 5) is 17.1. The Hall–Kier alpha value is -3.64. The van der Waals surface area contributed by atoms with E-state index < -0.39 is 0 Å². The lowest BCUT2D eigenvalue weighted by Gasteiger charge is -2.34. The molecule has 0 bridgehead atoms. The Morgan fingerprint density at radius 2 is 1.74 bits per heavy atom. The molecule has 5 heterocycles. The number of rotatable bonds is 3. The van der Waals surface area contributed by atoms with Crippen LogP contribution in [0.3, 0.4) is 0 Å². The fourth-order valence-electron chi connectivity index (χ4n) is 4.39. The van der Waals surface area contributed by atoms with E-state index in [2.05, 4.69) is 57.1 Å². The maximum Gasteiger partial charge on any atom is 0.153 e. The number of nitrogens with one attached hydrogen (secondary N) is 1. The average molecular weight is 409 g/mol. The van der Waals surface area contributed by atoms with E-state index in [4.69, 9.17) is 9.40 Å². The molecule has 0 atom stereocenters. The fraction of sp³-hybridized carbons (Fsp3) is 0.200. The number of likely N-dealkylation sites (N-methyl/N-ethyl adjacent to an activating group) is 1. The monoisotopic (exact) mass is 409 g/mol. The zero-order valence-electron chi connectivity index (χ0n) is 17.4. The van der Waals surface area contributed by atoms with Gasteiger partial charge in [0.2, 0.25) is 0 Å². The highest BCUT2D eigenvalue weighted by molar-refractivity contribution is 6.01. The van der Waals surface area contributed by atoms with Gasteiger partial charge in [-0.2, -0.15) is 0 Å². The molecule has 6 heteroatoms. The molecule has 1 aromatic carbocycles. The third-order valence-corrected chi connectivity index (χ3v) is 6.23. The number of furan rings is 1. The third kappa shape index (κ3) is 3.16. The largest absolute Gasteiger partial charge is 0.462 e. The Morgan fingerprint density at radius 3 is 2.58 bits per heavy atom. The van der Waals surface area contributed by atoms with Gasteiger partial charge >= 0.3 is 0 Å². The van der Waals surface area contributed by atoms with Crippen LogP contribution < -0.4 is 4.90 Å². The molecule has 0 saturated carbocycles. The van der Waals surface area contributed by atoms with E-state index in [-0.39, 0.29) is 0 Å². The van der Waals surface area contributed by atoms with Crippen LogP contribution in [0, 0.1) is 0 Å². The molecule has 0 radical (unpaired) electrons. The molecule has 154 valence electrons. The van der Waals surface area contributed by atoms with Gasteiger partial charge in [0.1, 0.15) is 17.4 Å². The van der Waals surface area contributed by atoms with Crippen LogP contribution in [-0.2, 0) is 0 Å². The number of nitrogens with zero attached hydrogens (tertiary/aromatic N) is 4. The predicted molar refractivity (Wildman–Crippen MR) is 124 cm³/mol. The SMILES string of the molecule is CN1CCN(c2ccc(-c3cnc4c(-c5ccnc6[nH]ccc56)coc4c3)cc2)CC1. The molecular weight excluding hydrogens is 386 g/mol. The highest BCUT2D eigenvalue weighted by atomic mass is 16.3. The van der Waals surface area contributed by atoms with Gasteiger partial charge in [-0.25, -0.2) is 4.98 Å². The van der Waals surface area contributed by atoms with Gasteiger partial charge in [0.05, 0.1) is 0 Å². The number of H-pyrrole nitrogens is 1. The summed E-state index contributed by atoms with van der Waals surface area (Å²) in [6, 6.07) is 14.9. The molecule has 6 nitrogen and oxygen atoms in total. The molecule has 4 aromatic heterocycles. The van der Waals surface area contributed by atoms with Crippen LogP contribution in [-0.4, -0.2) is 53.1 Å². The van der Waals surface area contributed by atoms with Crippen molar-refractivity contribution in [1.29, 1.82) is 0 Å². The molecule has 0 spiro atoms. The second-order valence-corrected chi connectivity index (χ2v) is 8.16. The van der Waals surface area contributed by atoms with Gasteiger partial charge in [0.15, 0.2) is 5.58 Å². The van der Waals surface area contributed by atoms with Crippen molar-refractivity contribution in [2.24, 2.45) is 0 Å². The Morgan fingerprint density at radius 1 is 0.903 bits per heavy atom. The van der Waals surface area contributed by atoms with Gasteiger partial charge in [-0.15, -0.1) is 0 Å². The summed E-state index contributed by atoms with van der Waals surface area (Å²) in [7, 11) is 2.18. The Kier molecular flexibility index (Phi) is 4.25. The Balaban J connectivity index is 1.32. The van der Waals surface area contributed by atoms with E-state index in [0.29, 0.717) is 0 Å². The first-order valence-electron chi connectivity index (χ1n) is 10.6. The van der Waals surface area contributed by atoms with E-state index in [1.807, 2.05) is 30.7 Å². The number of pyridine rings is 2. The van der Waals surface area contributed by atoms with Gasteiger partial charge in [-0.1, -0.05) is 12.1 Å². The Bertz CT molecular complexity index is 1360. The molecule has 5 aromatic rings. The summed E-state index contributed by atoms with van der Waals surface area (Å²) in [6.07, 6.45) is 7.44. The first kappa shape index (κ1) is 18.2. The molecule has 6 rings (SSSR count). The van der Waals surface area contributed by atoms with Gasteiger partial charge in [-0.3, -0.25) is 4.98 Å². The predicted octanol–water partition coefficient (Wildman–Crippen LogP) is 4.79. The van der Waals surface area contributed by atoms with Crippen molar-refractivity contribution in [2.45, 2.75) is 0 Å². The minimum absolute atomic E-state index is 0.788. The lowest BCUT2D eigenvalue weighted by atomic mass is 10.0. The van der Waals surface area contributed by atoms with Gasteiger partial charge in [0, 0.05) is 67.0 Å². The van der Waals surface area contributed by atoms with Crippen molar-refractivity contribution < 1.29 is 4.42 Å². The smallest absolute Gasteiger partial charge is 0.153 e. The van der Waals surface area contributed by atoms with Crippen LogP contribution in [0.15, 0.2) is 71.7 Å². The van der Waals surface area contributed by atoms with Crippen LogP contribution in [0.4, 0.5) is 5.69 Å². The minimum Gasteiger partial charge on any atom is -0.462 e. The van der Waals surface area contributed by atoms with Crippen molar-refractivity contribution in [3.63, 3.8) is 0 Å². The van der Waals surface area contributed by atoms with Crippen molar-refractivity contribution >= 4 is 27.8 Å². The number of anilines is 1. The fourth-order valence-corrected chi connectivity index (χ4v) is 4.39. The zero-order valence-corrected chi connectivity index (χ0v) is 17.4. The lowest BCUT2D eigenvalue weighted by molar-refractivity contribution is 0.313. The Labute approximate surface area is 180 Å². The van der Waals surface area contributed by atoms with Crippen LogP contribution in [0.25, 0.3) is 44.4 Å². The topological polar surface area (TPSA) is 61.2 Å². The van der Waals surface area contributed by atoms with Crippen molar-refractivity contribution in [1.82, 2.24) is 19.9 Å². The molecule has 0 unspecified atom stereocenters. The molecule has 0 aliphatic carbocycles. The van der Waals surface area contributed by atoms with Crippen molar-refractivity contribution in [2.75, 3.05) is 38.1 Å². The molecule has 1 aliphatic rings. The second-order valence-electron chi connectivity index (χ2n) is 8.16. The van der Waals surface area contributed by atoms with E-state index >= 15 is 0 Å². The summed E-state index contributed by atoms with van der Waals surface area (Å²) in [6.45, 7) is 4.36.